The zero-order chi connectivity index (χ0) is 20.2. The first-order chi connectivity index (χ1) is 14.1. The first-order valence-corrected chi connectivity index (χ1v) is 10.6. The van der Waals surface area contributed by atoms with Crippen LogP contribution >= 0.6 is 0 Å². The van der Waals surface area contributed by atoms with Gasteiger partial charge in [-0.2, -0.15) is 5.10 Å². The fraction of sp³-hybridized carbons (Fsp3) is 0.545. The van der Waals surface area contributed by atoms with E-state index in [1.165, 1.54) is 11.1 Å². The quantitative estimate of drug-likeness (QED) is 0.829. The molecule has 2 aliphatic rings. The molecule has 0 atom stereocenters. The number of piperidine rings is 1. The number of anilines is 1. The second kappa shape index (κ2) is 8.86. The molecule has 156 valence electrons. The summed E-state index contributed by atoms with van der Waals surface area (Å²) in [5, 5.41) is 11.7. The van der Waals surface area contributed by atoms with Crippen LogP contribution in [0.15, 0.2) is 24.3 Å². The number of hydrogen-bond acceptors (Lipinski definition) is 5. The molecule has 2 aliphatic heterocycles. The molecule has 0 saturated carbocycles. The Morgan fingerprint density at radius 1 is 1.17 bits per heavy atom. The van der Waals surface area contributed by atoms with E-state index in [9.17, 15) is 4.79 Å². The number of hydrogen-bond donors (Lipinski definition) is 2. The monoisotopic (exact) mass is 397 g/mol. The fourth-order valence-corrected chi connectivity index (χ4v) is 4.25. The first kappa shape index (κ1) is 19.8. The molecule has 7 heteroatoms. The zero-order valence-corrected chi connectivity index (χ0v) is 17.4. The molecule has 0 bridgehead atoms. The highest BCUT2D eigenvalue weighted by atomic mass is 16.6. The number of carbonyl (C=O) groups excluding carboxylic acids is 1. The highest BCUT2D eigenvalue weighted by Gasteiger charge is 2.23. The third kappa shape index (κ3) is 5.09. The van der Waals surface area contributed by atoms with Crippen molar-refractivity contribution in [2.75, 3.05) is 25.0 Å². The Hall–Kier alpha value is -2.54. The van der Waals surface area contributed by atoms with Gasteiger partial charge in [0.1, 0.15) is 12.4 Å². The van der Waals surface area contributed by atoms with Crippen molar-refractivity contribution in [3.05, 3.63) is 46.6 Å². The molecule has 2 aromatic rings. The molecule has 0 aliphatic carbocycles. The van der Waals surface area contributed by atoms with E-state index < -0.39 is 0 Å². The van der Waals surface area contributed by atoms with Crippen molar-refractivity contribution in [2.24, 2.45) is 0 Å². The van der Waals surface area contributed by atoms with Gasteiger partial charge in [0.05, 0.1) is 12.2 Å². The van der Waals surface area contributed by atoms with Gasteiger partial charge >= 0.3 is 6.09 Å². The van der Waals surface area contributed by atoms with Crippen molar-refractivity contribution in [3.8, 4) is 0 Å². The summed E-state index contributed by atoms with van der Waals surface area (Å²) >= 11 is 0. The Bertz CT molecular complexity index is 837. The van der Waals surface area contributed by atoms with Gasteiger partial charge in [-0.3, -0.25) is 4.68 Å². The van der Waals surface area contributed by atoms with Crippen LogP contribution in [0.5, 0.6) is 0 Å². The molecule has 1 fully saturated rings. The van der Waals surface area contributed by atoms with Crippen molar-refractivity contribution >= 4 is 11.9 Å². The second-order valence-corrected chi connectivity index (χ2v) is 8.24. The topological polar surface area (TPSA) is 71.4 Å². The summed E-state index contributed by atoms with van der Waals surface area (Å²) < 4.78 is 7.64. The Labute approximate surface area is 172 Å². The van der Waals surface area contributed by atoms with E-state index in [1.807, 2.05) is 4.68 Å². The smallest absolute Gasteiger partial charge is 0.410 e. The lowest BCUT2D eigenvalue weighted by atomic mass is 10.1. The largest absolute Gasteiger partial charge is 0.445 e. The molecule has 1 saturated heterocycles. The Morgan fingerprint density at radius 2 is 1.93 bits per heavy atom. The van der Waals surface area contributed by atoms with Gasteiger partial charge in [-0.05, 0) is 51.8 Å². The molecule has 29 heavy (non-hydrogen) atoms. The van der Waals surface area contributed by atoms with Gasteiger partial charge in [0.15, 0.2) is 0 Å². The van der Waals surface area contributed by atoms with Gasteiger partial charge in [0.25, 0.3) is 0 Å². The second-order valence-electron chi connectivity index (χ2n) is 8.24. The summed E-state index contributed by atoms with van der Waals surface area (Å²) in [4.78, 5) is 14.5. The average molecular weight is 398 g/mol. The van der Waals surface area contributed by atoms with Crippen LogP contribution < -0.4 is 10.6 Å². The van der Waals surface area contributed by atoms with Crippen molar-refractivity contribution in [1.29, 1.82) is 0 Å². The van der Waals surface area contributed by atoms with Crippen LogP contribution in [0.4, 0.5) is 10.6 Å². The molecule has 1 aromatic heterocycles. The highest BCUT2D eigenvalue weighted by Crippen LogP contribution is 2.20. The summed E-state index contributed by atoms with van der Waals surface area (Å²) in [6.45, 7) is 8.56. The van der Waals surface area contributed by atoms with Crippen LogP contribution in [0.3, 0.4) is 0 Å². The lowest BCUT2D eigenvalue weighted by molar-refractivity contribution is 0.0942. The first-order valence-electron chi connectivity index (χ1n) is 10.6. The number of aromatic nitrogens is 2. The number of rotatable bonds is 4. The maximum atomic E-state index is 12.7. The number of amides is 1. The Balaban J connectivity index is 1.36. The number of ether oxygens (including phenoxy) is 1. The van der Waals surface area contributed by atoms with Crippen molar-refractivity contribution in [2.45, 2.75) is 58.8 Å². The minimum absolute atomic E-state index is 0.258. The van der Waals surface area contributed by atoms with E-state index in [0.717, 1.165) is 56.0 Å². The lowest BCUT2D eigenvalue weighted by Gasteiger charge is -2.23. The number of nitrogens with zero attached hydrogens (tertiary/aromatic N) is 3. The molecule has 0 unspecified atom stereocenters. The van der Waals surface area contributed by atoms with E-state index in [2.05, 4.69) is 48.7 Å². The molecule has 3 heterocycles. The molecular weight excluding hydrogens is 366 g/mol. The van der Waals surface area contributed by atoms with Crippen LogP contribution in [0, 0.1) is 13.8 Å². The van der Waals surface area contributed by atoms with Gasteiger partial charge in [-0.15, -0.1) is 0 Å². The van der Waals surface area contributed by atoms with Gasteiger partial charge < -0.3 is 20.3 Å². The summed E-state index contributed by atoms with van der Waals surface area (Å²) in [5.41, 5.74) is 4.46. The Kier molecular flexibility index (Phi) is 6.04. The van der Waals surface area contributed by atoms with E-state index in [1.54, 1.807) is 4.90 Å². The summed E-state index contributed by atoms with van der Waals surface area (Å²) in [5.74, 6) is 0.914. The minimum atomic E-state index is -0.258. The maximum Gasteiger partial charge on any atom is 0.410 e. The number of benzene rings is 1. The van der Waals surface area contributed by atoms with Crippen molar-refractivity contribution < 1.29 is 9.53 Å². The number of carbonyl (C=O) groups is 1. The molecule has 0 radical (unpaired) electrons. The van der Waals surface area contributed by atoms with Gasteiger partial charge in [-0.1, -0.05) is 29.3 Å². The van der Waals surface area contributed by atoms with E-state index >= 15 is 0 Å². The van der Waals surface area contributed by atoms with Crippen molar-refractivity contribution in [3.63, 3.8) is 0 Å². The van der Waals surface area contributed by atoms with Gasteiger partial charge in [0.2, 0.25) is 0 Å². The minimum Gasteiger partial charge on any atom is -0.445 e. The third-order valence-corrected chi connectivity index (χ3v) is 5.61. The predicted octanol–water partition coefficient (Wildman–Crippen LogP) is 3.21. The molecule has 7 nitrogen and oxygen atoms in total. The zero-order valence-electron chi connectivity index (χ0n) is 17.4. The molecule has 1 aromatic carbocycles. The highest BCUT2D eigenvalue weighted by molar-refractivity contribution is 5.67. The molecular formula is C22H31N5O2. The summed E-state index contributed by atoms with van der Waals surface area (Å²) in [7, 11) is 0. The van der Waals surface area contributed by atoms with Crippen LogP contribution in [0.2, 0.25) is 0 Å². The summed E-state index contributed by atoms with van der Waals surface area (Å²) in [6.07, 6.45) is 2.84. The fourth-order valence-electron chi connectivity index (χ4n) is 4.25. The lowest BCUT2D eigenvalue weighted by Crippen LogP contribution is -2.35. The van der Waals surface area contributed by atoms with E-state index in [-0.39, 0.29) is 6.09 Å². The van der Waals surface area contributed by atoms with Crippen LogP contribution in [0.25, 0.3) is 0 Å². The average Bonchev–Trinajstić information content (AvgIpc) is 2.95. The van der Waals surface area contributed by atoms with Crippen LogP contribution in [-0.2, 0) is 24.4 Å². The van der Waals surface area contributed by atoms with Gasteiger partial charge in [0, 0.05) is 25.2 Å². The maximum absolute atomic E-state index is 12.7. The van der Waals surface area contributed by atoms with Gasteiger partial charge in [-0.25, -0.2) is 4.79 Å². The Morgan fingerprint density at radius 3 is 2.69 bits per heavy atom. The number of nitrogens with one attached hydrogen (secondary N) is 2. The SMILES string of the molecule is Cc1cc(C)cc(COC(=O)N2CCCn3nc(NC4CCNCC4)cc3C2)c1. The standard InChI is InChI=1S/C22H31N5O2/c1-16-10-17(2)12-18(11-16)15-29-22(28)26-8-3-9-27-20(14-26)13-21(25-27)24-19-4-6-23-7-5-19/h10-13,19,23H,3-9,14-15H2,1-2H3,(H,24,25). The normalized spacial score (nSPS) is 17.5. The van der Waals surface area contributed by atoms with E-state index in [0.29, 0.717) is 25.7 Å². The predicted molar refractivity (Wildman–Crippen MR) is 113 cm³/mol. The summed E-state index contributed by atoms with van der Waals surface area (Å²) in [6, 6.07) is 8.80. The molecule has 1 amide bonds. The third-order valence-electron chi connectivity index (χ3n) is 5.61. The van der Waals surface area contributed by atoms with Crippen LogP contribution in [-0.4, -0.2) is 46.4 Å². The molecule has 4 rings (SSSR count). The molecule has 0 spiro atoms. The molecule has 2 N–H and O–H groups in total. The van der Waals surface area contributed by atoms with Crippen molar-refractivity contribution in [1.82, 2.24) is 20.0 Å². The van der Waals surface area contributed by atoms with Crippen LogP contribution in [0.1, 0.15) is 41.6 Å². The number of aryl methyl sites for hydroxylation is 3. The van der Waals surface area contributed by atoms with E-state index in [4.69, 9.17) is 9.84 Å². The number of fused-ring (bicyclic) bond motifs is 1.